The number of terminal acetylenes is 1. The zero-order chi connectivity index (χ0) is 33.9. The molecule has 4 aliphatic rings. The molecule has 1 heterocycles. The first kappa shape index (κ1) is 41.7. The number of amides is 4. The van der Waals surface area contributed by atoms with Crippen LogP contribution in [0.5, 0.6) is 0 Å². The Balaban J connectivity index is 0.00000145. The van der Waals surface area contributed by atoms with Crippen molar-refractivity contribution in [3.63, 3.8) is 0 Å². The molecule has 3 aliphatic carbocycles. The van der Waals surface area contributed by atoms with Crippen LogP contribution < -0.4 is 42.5 Å². The van der Waals surface area contributed by atoms with Crippen LogP contribution in [0.1, 0.15) is 112 Å². The van der Waals surface area contributed by atoms with Crippen LogP contribution in [-0.2, 0) is 34.2 Å². The van der Waals surface area contributed by atoms with Gasteiger partial charge in [0, 0.05) is 0 Å². The molecule has 5 atom stereocenters. The van der Waals surface area contributed by atoms with E-state index in [0.29, 0.717) is 23.3 Å². The zero-order valence-electron chi connectivity index (χ0n) is 29.0. The van der Waals surface area contributed by atoms with E-state index in [4.69, 9.17) is 6.42 Å². The minimum Gasteiger partial charge on any atom is -0.323 e. The Bertz CT molecular complexity index is 1100. The minimum atomic E-state index is -0.813. The van der Waals surface area contributed by atoms with E-state index in [9.17, 15) is 19.2 Å². The predicted octanol–water partition coefficient (Wildman–Crippen LogP) is 1.83. The summed E-state index contributed by atoms with van der Waals surface area (Å²) in [5, 5.41) is 12.1. The van der Waals surface area contributed by atoms with Gasteiger partial charge in [0.2, 0.25) is 0 Å². The number of halogens is 1. The van der Waals surface area contributed by atoms with E-state index in [-0.39, 0.29) is 55.5 Å². The third-order valence-corrected chi connectivity index (χ3v) is 13.3. The first-order chi connectivity index (χ1) is 21.9. The molecule has 4 N–H and O–H groups in total. The smallest absolute Gasteiger partial charge is 0.323 e. The Morgan fingerprint density at radius 1 is 1.09 bits per heavy atom. The molecule has 1 aliphatic heterocycles. The Kier molecular flexibility index (Phi) is 18.0. The van der Waals surface area contributed by atoms with Crippen LogP contribution in [0.3, 0.4) is 0 Å². The van der Waals surface area contributed by atoms with Gasteiger partial charge in [0.1, 0.15) is 0 Å². The number of nitrogens with zero attached hydrogens (tertiary/aromatic N) is 1. The van der Waals surface area contributed by atoms with Crippen molar-refractivity contribution in [3.05, 3.63) is 24.6 Å². The van der Waals surface area contributed by atoms with Gasteiger partial charge in [-0.1, -0.05) is 0 Å². The monoisotopic (exact) mass is 942 g/mol. The quantitative estimate of drug-likeness (QED) is 0.0428. The number of rotatable bonds is 13. The van der Waals surface area contributed by atoms with Crippen LogP contribution >= 0.6 is 0 Å². The molecule has 266 valence electrons. The molecule has 0 aromatic carbocycles. The average Bonchev–Trinajstić information content (AvgIpc) is 3.34. The molecule has 0 spiro atoms. The standard InChI is InChI=1S/C32H48IN5O4.C4H9.Os/c1-5-7-18-24(26(39)29(40)34-19-6-2)36-28-25-23(32(25,3)4)20-38(28)30(41)27(33-21-14-10-8-11-15-21)37-31(42)35-22-16-12-9-13-17-22;1-4(2)3;/h1,6,21,23-25,27-28,36H,2,7-20H2,3-4H3,(H,34,40)(H2,35,37,42);1-3H3;/q-2;-1;+2. The van der Waals surface area contributed by atoms with Gasteiger partial charge < -0.3 is 5.92 Å². The Morgan fingerprint density at radius 3 is 2.30 bits per heavy atom. The summed E-state index contributed by atoms with van der Waals surface area (Å²) >= 11 is -0.651. The molecule has 5 unspecified atom stereocenters. The molecule has 0 radical (unpaired) electrons. The summed E-state index contributed by atoms with van der Waals surface area (Å²) in [4.78, 5) is 55.1. The number of likely N-dealkylation sites (tertiary alicyclic amines) is 1. The fourth-order valence-corrected chi connectivity index (χ4v) is 10.6. The van der Waals surface area contributed by atoms with E-state index in [1.165, 1.54) is 37.7 Å². The van der Waals surface area contributed by atoms with Gasteiger partial charge in [-0.15, -0.1) is 0 Å². The number of fused-ring (bicyclic) bond motifs is 1. The molecule has 1 saturated heterocycles. The van der Waals surface area contributed by atoms with Gasteiger partial charge in [-0.3, -0.25) is 0 Å². The Hall–Kier alpha value is -1.49. The number of nitrogens with one attached hydrogen (secondary N) is 4. The summed E-state index contributed by atoms with van der Waals surface area (Å²) in [6.07, 6.45) is 18.2. The van der Waals surface area contributed by atoms with E-state index in [0.717, 1.165) is 44.6 Å². The molecule has 4 rings (SSSR count). The van der Waals surface area contributed by atoms with Gasteiger partial charge in [-0.05, 0) is 0 Å². The summed E-state index contributed by atoms with van der Waals surface area (Å²) in [5.74, 6) is 3.09. The second kappa shape index (κ2) is 20.2. The van der Waals surface area contributed by atoms with Gasteiger partial charge in [-0.2, -0.15) is 20.8 Å². The van der Waals surface area contributed by atoms with Crippen LogP contribution in [0, 0.1) is 41.6 Å². The number of carbonyl (C=O) groups is 4. The van der Waals surface area contributed by atoms with Gasteiger partial charge >= 0.3 is 282 Å². The van der Waals surface area contributed by atoms with Crippen molar-refractivity contribution in [1.29, 1.82) is 0 Å². The Labute approximate surface area is 307 Å². The number of hydrogen-bond donors (Lipinski definition) is 4. The molecular weight excluding hydrogens is 884 g/mol. The summed E-state index contributed by atoms with van der Waals surface area (Å²) in [6.45, 7) is 15.0. The van der Waals surface area contributed by atoms with Crippen LogP contribution in [0.4, 0.5) is 4.79 Å². The molecule has 4 amide bonds. The van der Waals surface area contributed by atoms with Gasteiger partial charge in [0.15, 0.2) is 0 Å². The maximum absolute atomic E-state index is 14.3. The molecule has 0 aromatic rings. The van der Waals surface area contributed by atoms with Crippen molar-refractivity contribution in [2.24, 2.45) is 17.3 Å². The number of alkyl halides is 2. The number of hydrogen-bond acceptors (Lipinski definition) is 5. The normalized spacial score (nSPS) is 24.7. The van der Waals surface area contributed by atoms with Crippen LogP contribution in [0.2, 0.25) is 0 Å². The Morgan fingerprint density at radius 2 is 1.70 bits per heavy atom. The number of piperidine rings is 1. The molecule has 0 bridgehead atoms. The third-order valence-electron chi connectivity index (χ3n) is 9.45. The average molecular weight is 941 g/mol. The van der Waals surface area contributed by atoms with Crippen molar-refractivity contribution >= 4 is 23.6 Å². The molecule has 11 heteroatoms. The molecule has 3 saturated carbocycles. The summed E-state index contributed by atoms with van der Waals surface area (Å²) in [7, 11) is 0. The molecule has 0 aromatic heterocycles. The summed E-state index contributed by atoms with van der Waals surface area (Å²) < 4.78 is -0.0515. The molecule has 9 nitrogen and oxygen atoms in total. The topological polar surface area (TPSA) is 120 Å². The number of Topliss-reactive ketones (excluding diaryl/α,β-unsaturated/α-hetero) is 1. The van der Waals surface area contributed by atoms with Crippen molar-refractivity contribution in [2.75, 3.05) is 13.1 Å². The van der Waals surface area contributed by atoms with E-state index in [1.807, 2.05) is 4.90 Å². The fraction of sp³-hybridized carbons (Fsp3) is 0.722. The van der Waals surface area contributed by atoms with Gasteiger partial charge in [0.25, 0.3) is 0 Å². The van der Waals surface area contributed by atoms with E-state index in [1.54, 1.807) is 0 Å². The fourth-order valence-electron chi connectivity index (χ4n) is 6.90. The van der Waals surface area contributed by atoms with Crippen molar-refractivity contribution < 1.29 is 60.2 Å². The van der Waals surface area contributed by atoms with E-state index < -0.39 is 49.2 Å². The first-order valence-corrected chi connectivity index (χ1v) is 19.6. The van der Waals surface area contributed by atoms with Crippen LogP contribution in [0.15, 0.2) is 12.7 Å². The first-order valence-electron chi connectivity index (χ1n) is 17.1. The number of urea groups is 1. The molecule has 47 heavy (non-hydrogen) atoms. The van der Waals surface area contributed by atoms with Gasteiger partial charge in [-0.25, -0.2) is 0 Å². The summed E-state index contributed by atoms with van der Waals surface area (Å²) in [6, 6.07) is -0.0446. The van der Waals surface area contributed by atoms with E-state index >= 15 is 0 Å². The van der Waals surface area contributed by atoms with Crippen LogP contribution in [0.25, 0.3) is 0 Å². The van der Waals surface area contributed by atoms with Crippen molar-refractivity contribution in [2.45, 2.75) is 132 Å². The summed E-state index contributed by atoms with van der Waals surface area (Å²) in [5.41, 5.74) is 0.00953. The SMILES string of the molecule is C#CCCC(NC1C2C(CN1C(=O)C(NC(=O)N[C-]1CCCCC1)[I-]C1CCCCC1)C2(C)C)C(=O)C(=O)NCC=C.C[C-](C)C.[Os+2]. The predicted molar refractivity (Wildman–Crippen MR) is 178 cm³/mol. The second-order valence-corrected chi connectivity index (χ2v) is 17.9. The van der Waals surface area contributed by atoms with Crippen LogP contribution in [-0.4, -0.2) is 61.8 Å². The van der Waals surface area contributed by atoms with Crippen molar-refractivity contribution in [1.82, 2.24) is 26.2 Å². The van der Waals surface area contributed by atoms with Gasteiger partial charge in [0.05, 0.1) is 0 Å². The minimum absolute atomic E-state index is 0. The second-order valence-electron chi connectivity index (χ2n) is 14.2. The van der Waals surface area contributed by atoms with Crippen molar-refractivity contribution in [3.8, 4) is 12.3 Å². The van der Waals surface area contributed by atoms with E-state index in [2.05, 4.69) is 68.4 Å². The maximum atomic E-state index is 14.3. The number of ketones is 1. The zero-order valence-corrected chi connectivity index (χ0v) is 33.7. The third kappa shape index (κ3) is 12.4. The number of carbonyl (C=O) groups excluding carboxylic acids is 4. The molecular formula is C36H57IN5O4Os-. The molecule has 4 fully saturated rings.